The molecule has 0 saturated carbocycles. The van der Waals surface area contributed by atoms with Crippen LogP contribution in [0.15, 0.2) is 73.2 Å². The van der Waals surface area contributed by atoms with Crippen LogP contribution in [0, 0.1) is 23.0 Å². The van der Waals surface area contributed by atoms with Crippen LogP contribution >= 0.6 is 0 Å². The molecule has 0 aliphatic carbocycles. The highest BCUT2D eigenvalue weighted by Gasteiger charge is 2.42. The van der Waals surface area contributed by atoms with E-state index in [1.165, 1.54) is 11.1 Å². The lowest BCUT2D eigenvalue weighted by Crippen LogP contribution is -2.66. The predicted octanol–water partition coefficient (Wildman–Crippen LogP) is 3.38. The summed E-state index contributed by atoms with van der Waals surface area (Å²) in [5.41, 5.74) is 2.68. The van der Waals surface area contributed by atoms with Gasteiger partial charge in [-0.25, -0.2) is 18.3 Å². The minimum absolute atomic E-state index is 0.154. The van der Waals surface area contributed by atoms with Gasteiger partial charge < -0.3 is 29.5 Å². The summed E-state index contributed by atoms with van der Waals surface area (Å²) in [4.78, 5) is 78.9. The number of imide groups is 1. The van der Waals surface area contributed by atoms with E-state index in [9.17, 15) is 38.0 Å². The number of hydrogen-bond acceptors (Lipinski definition) is 13. The summed E-state index contributed by atoms with van der Waals surface area (Å²) in [6.07, 6.45) is 6.50. The number of carbonyl (C=O) groups is 5. The number of pyridine rings is 2. The van der Waals surface area contributed by atoms with E-state index < -0.39 is 35.0 Å². The van der Waals surface area contributed by atoms with E-state index in [0.29, 0.717) is 99.0 Å². The fourth-order valence-electron chi connectivity index (χ4n) is 10.3. The molecule has 8 heterocycles. The molecule has 1 unspecified atom stereocenters. The molecule has 10 rings (SSSR count). The lowest BCUT2D eigenvalue weighted by molar-refractivity contribution is -0.141. The minimum atomic E-state index is -0.799. The number of fused-ring (bicyclic) bond motifs is 2. The Labute approximate surface area is 401 Å². The molecule has 2 aromatic carbocycles. The third-order valence-electron chi connectivity index (χ3n) is 14.2. The number of aromatic nitrogens is 3. The van der Waals surface area contributed by atoms with Crippen molar-refractivity contribution < 1.29 is 42.2 Å². The van der Waals surface area contributed by atoms with Crippen LogP contribution in [0.25, 0.3) is 16.6 Å². The molecule has 5 amide bonds. The smallest absolute Gasteiger partial charge is 0.260 e. The molecular weight excluding hydrogens is 905 g/mol. The van der Waals surface area contributed by atoms with E-state index in [4.69, 9.17) is 14.5 Å². The number of likely N-dealkylation sites (tertiary alicyclic amines) is 1. The molecule has 362 valence electrons. The molecule has 5 aliphatic heterocycles. The number of hydrogen-bond donors (Lipinski definition) is 2. The van der Waals surface area contributed by atoms with Crippen LogP contribution in [-0.4, -0.2) is 153 Å². The Balaban J connectivity index is 0.737. The summed E-state index contributed by atoms with van der Waals surface area (Å²) >= 11 is 0. The third kappa shape index (κ3) is 9.21. The zero-order valence-electron chi connectivity index (χ0n) is 38.5. The van der Waals surface area contributed by atoms with Crippen LogP contribution in [0.4, 0.5) is 14.6 Å². The molecule has 18 nitrogen and oxygen atoms in total. The number of anilines is 1. The summed E-state index contributed by atoms with van der Waals surface area (Å²) < 4.78 is 42.5. The van der Waals surface area contributed by atoms with Gasteiger partial charge in [0.1, 0.15) is 41.1 Å². The van der Waals surface area contributed by atoms with Gasteiger partial charge in [-0.15, -0.1) is 0 Å². The van der Waals surface area contributed by atoms with Crippen molar-refractivity contribution in [2.24, 2.45) is 0 Å². The number of carbonyl (C=O) groups excluding carboxylic acids is 5. The van der Waals surface area contributed by atoms with Gasteiger partial charge in [0, 0.05) is 101 Å². The average molecular weight is 956 g/mol. The number of benzene rings is 2. The number of halogens is 2. The molecule has 4 saturated heterocycles. The van der Waals surface area contributed by atoms with Crippen LogP contribution in [0.5, 0.6) is 11.5 Å². The van der Waals surface area contributed by atoms with E-state index in [0.717, 1.165) is 48.2 Å². The van der Waals surface area contributed by atoms with Crippen molar-refractivity contribution in [2.45, 2.75) is 56.8 Å². The maximum absolute atomic E-state index is 14.9. The number of piperidine rings is 2. The fraction of sp³-hybridized carbons (Fsp3) is 0.400. The first kappa shape index (κ1) is 46.2. The molecule has 70 heavy (non-hydrogen) atoms. The van der Waals surface area contributed by atoms with E-state index in [1.54, 1.807) is 40.0 Å². The molecule has 5 aliphatic rings. The SMILES string of the molecule is CCOc1cc(-c2ccc(N3CCC(CN4CCN(C5CN(C(=O)COc6ccc7c(c6)CN(C6CCC(=O)NC6=O)C7=O)C5)CC4)(NC(=O)c4cc(F)ccc4F)CC3)nc2)c2c(C#N)cnn2c1. The van der Waals surface area contributed by atoms with E-state index in [2.05, 4.69) is 36.5 Å². The standard InChI is InChI=1S/C50H51F2N11O7/c1-2-69-37-21-39(46-33(22-53)24-55-63(46)28-37)31-3-9-43(54-23-31)60-13-11-50(12-14-60,57-47(66)40-20-34(51)4-7-41(40)52)30-58-15-17-59(18-16-58)35-26-61(27-35)45(65)29-70-36-5-6-38-32(19-36)25-62(49(38)68)42-8-10-44(64)56-48(42)67/h3-7,9,19-21,23-24,28,35,42H,2,8,10-18,25-27,29-30H2,1H3,(H,57,66)(H,56,64,67). The Kier molecular flexibility index (Phi) is 12.6. The lowest BCUT2D eigenvalue weighted by Gasteiger charge is -2.50. The third-order valence-corrected chi connectivity index (χ3v) is 14.2. The highest BCUT2D eigenvalue weighted by atomic mass is 19.1. The number of piperazine rings is 1. The molecule has 3 aromatic heterocycles. The lowest BCUT2D eigenvalue weighted by atomic mass is 9.85. The first-order chi connectivity index (χ1) is 33.9. The van der Waals surface area contributed by atoms with Crippen LogP contribution in [-0.2, 0) is 20.9 Å². The first-order valence-corrected chi connectivity index (χ1v) is 23.6. The van der Waals surface area contributed by atoms with Gasteiger partial charge in [-0.3, -0.25) is 39.1 Å². The Morgan fingerprint density at radius 3 is 2.46 bits per heavy atom. The maximum atomic E-state index is 14.9. The highest BCUT2D eigenvalue weighted by molar-refractivity contribution is 6.05. The van der Waals surface area contributed by atoms with Gasteiger partial charge >= 0.3 is 0 Å². The number of rotatable bonds is 13. The molecule has 5 aromatic rings. The second kappa shape index (κ2) is 19.1. The minimum Gasteiger partial charge on any atom is -0.492 e. The predicted molar refractivity (Wildman–Crippen MR) is 249 cm³/mol. The van der Waals surface area contributed by atoms with Crippen LogP contribution in [0.2, 0.25) is 0 Å². The summed E-state index contributed by atoms with van der Waals surface area (Å²) in [7, 11) is 0. The molecular formula is C50H51F2N11O7. The Bertz CT molecular complexity index is 2920. The Hall–Kier alpha value is -7.50. The first-order valence-electron chi connectivity index (χ1n) is 23.6. The van der Waals surface area contributed by atoms with Crippen molar-refractivity contribution in [3.05, 3.63) is 107 Å². The highest BCUT2D eigenvalue weighted by Crippen LogP contribution is 2.34. The number of ether oxygens (including phenoxy) is 2. The zero-order valence-corrected chi connectivity index (χ0v) is 38.5. The van der Waals surface area contributed by atoms with Crippen LogP contribution in [0.1, 0.15) is 64.4 Å². The number of nitrogens with one attached hydrogen (secondary N) is 2. The maximum Gasteiger partial charge on any atom is 0.260 e. The molecule has 0 radical (unpaired) electrons. The molecule has 2 N–H and O–H groups in total. The molecule has 4 fully saturated rings. The van der Waals surface area contributed by atoms with Crippen molar-refractivity contribution in [2.75, 3.05) is 77.0 Å². The quantitative estimate of drug-likeness (QED) is 0.163. The van der Waals surface area contributed by atoms with Crippen molar-refractivity contribution in [3.8, 4) is 28.7 Å². The fourth-order valence-corrected chi connectivity index (χ4v) is 10.3. The summed E-state index contributed by atoms with van der Waals surface area (Å²) in [5, 5.41) is 19.6. The van der Waals surface area contributed by atoms with Crippen molar-refractivity contribution in [1.29, 1.82) is 5.26 Å². The topological polar surface area (TPSA) is 198 Å². The Morgan fingerprint density at radius 1 is 0.929 bits per heavy atom. The van der Waals surface area contributed by atoms with Crippen molar-refractivity contribution in [1.82, 2.24) is 44.8 Å². The van der Waals surface area contributed by atoms with E-state index in [-0.39, 0.29) is 55.3 Å². The summed E-state index contributed by atoms with van der Waals surface area (Å²) in [6.45, 7) is 7.98. The van der Waals surface area contributed by atoms with Gasteiger partial charge in [-0.2, -0.15) is 10.4 Å². The van der Waals surface area contributed by atoms with Gasteiger partial charge in [0.05, 0.1) is 41.2 Å². The molecule has 0 spiro atoms. The normalized spacial score (nSPS) is 19.7. The van der Waals surface area contributed by atoms with Gasteiger partial charge in [-0.05, 0) is 86.3 Å². The van der Waals surface area contributed by atoms with Gasteiger partial charge in [0.15, 0.2) is 6.61 Å². The average Bonchev–Trinajstić information content (AvgIpc) is 3.91. The second-order valence-electron chi connectivity index (χ2n) is 18.5. The molecule has 20 heteroatoms. The van der Waals surface area contributed by atoms with Crippen molar-refractivity contribution in [3.63, 3.8) is 0 Å². The second-order valence-corrected chi connectivity index (χ2v) is 18.5. The number of nitrogens with zero attached hydrogens (tertiary/aromatic N) is 9. The monoisotopic (exact) mass is 955 g/mol. The largest absolute Gasteiger partial charge is 0.492 e. The number of nitriles is 1. The van der Waals surface area contributed by atoms with Gasteiger partial charge in [-0.1, -0.05) is 0 Å². The van der Waals surface area contributed by atoms with E-state index >= 15 is 0 Å². The summed E-state index contributed by atoms with van der Waals surface area (Å²) in [5.74, 6) is -1.64. The van der Waals surface area contributed by atoms with Crippen LogP contribution < -0.4 is 25.0 Å². The van der Waals surface area contributed by atoms with Gasteiger partial charge in [0.25, 0.3) is 17.7 Å². The van der Waals surface area contributed by atoms with Crippen molar-refractivity contribution >= 4 is 40.9 Å². The zero-order chi connectivity index (χ0) is 48.7. The Morgan fingerprint density at radius 2 is 1.73 bits per heavy atom. The van der Waals surface area contributed by atoms with E-state index in [1.807, 2.05) is 25.1 Å². The number of amides is 5. The summed E-state index contributed by atoms with van der Waals surface area (Å²) in [6, 6.07) is 15.3. The van der Waals surface area contributed by atoms with Gasteiger partial charge in [0.2, 0.25) is 11.8 Å². The van der Waals surface area contributed by atoms with Crippen LogP contribution in [0.3, 0.4) is 0 Å². The molecule has 0 bridgehead atoms. The molecule has 1 atom stereocenters.